The Bertz CT molecular complexity index is 332. The van der Waals surface area contributed by atoms with Gasteiger partial charge in [0.25, 0.3) is 0 Å². The lowest BCUT2D eigenvalue weighted by molar-refractivity contribution is -0.116. The largest absolute Gasteiger partial charge is 0.316 e. The Hall–Kier alpha value is -1.20. The second-order valence-corrected chi connectivity index (χ2v) is 3.24. The fourth-order valence-electron chi connectivity index (χ4n) is 0.963. The molecule has 0 unspecified atom stereocenters. The van der Waals surface area contributed by atoms with E-state index in [1.807, 2.05) is 6.92 Å². The van der Waals surface area contributed by atoms with Gasteiger partial charge >= 0.3 is 0 Å². The molecule has 82 valence electrons. The summed E-state index contributed by atoms with van der Waals surface area (Å²) in [6.45, 7) is 3.47. The van der Waals surface area contributed by atoms with Crippen LogP contribution < -0.4 is 10.6 Å². The van der Waals surface area contributed by atoms with Gasteiger partial charge in [0.2, 0.25) is 11.9 Å². The molecule has 1 heterocycles. The smallest absolute Gasteiger partial charge is 0.230 e. The number of carbonyl (C=O) groups is 1. The lowest BCUT2D eigenvalue weighted by atomic mass is 10.4. The maximum atomic E-state index is 11.3. The number of amides is 1. The standard InChI is InChI=1S/C9H13ClN4O/c1-2-11-5-4-8(15)14-9-12-6-3-7(10)13-9/h3,6,11H,2,4-5H2,1H3,(H,12,13,14,15). The highest BCUT2D eigenvalue weighted by Crippen LogP contribution is 2.05. The van der Waals surface area contributed by atoms with Crippen LogP contribution in [0.1, 0.15) is 13.3 Å². The summed E-state index contributed by atoms with van der Waals surface area (Å²) in [5, 5.41) is 5.92. The van der Waals surface area contributed by atoms with Crippen LogP contribution >= 0.6 is 11.6 Å². The van der Waals surface area contributed by atoms with Crippen molar-refractivity contribution in [3.63, 3.8) is 0 Å². The number of rotatable bonds is 5. The molecule has 1 rings (SSSR count). The molecular weight excluding hydrogens is 216 g/mol. The zero-order valence-corrected chi connectivity index (χ0v) is 9.21. The predicted octanol–water partition coefficient (Wildman–Crippen LogP) is 1.07. The summed E-state index contributed by atoms with van der Waals surface area (Å²) in [6.07, 6.45) is 1.89. The van der Waals surface area contributed by atoms with E-state index in [0.717, 1.165) is 6.54 Å². The average molecular weight is 229 g/mol. The fourth-order valence-corrected chi connectivity index (χ4v) is 1.10. The number of nitrogens with one attached hydrogen (secondary N) is 2. The van der Waals surface area contributed by atoms with Crippen LogP contribution in [0, 0.1) is 0 Å². The third-order valence-electron chi connectivity index (χ3n) is 1.65. The minimum Gasteiger partial charge on any atom is -0.316 e. The summed E-state index contributed by atoms with van der Waals surface area (Å²) in [6, 6.07) is 1.55. The molecule has 1 aromatic rings. The highest BCUT2D eigenvalue weighted by molar-refractivity contribution is 6.29. The lowest BCUT2D eigenvalue weighted by Crippen LogP contribution is -2.22. The van der Waals surface area contributed by atoms with Gasteiger partial charge in [-0.1, -0.05) is 18.5 Å². The van der Waals surface area contributed by atoms with Crippen molar-refractivity contribution in [2.45, 2.75) is 13.3 Å². The zero-order valence-electron chi connectivity index (χ0n) is 8.46. The van der Waals surface area contributed by atoms with Crippen molar-refractivity contribution in [2.24, 2.45) is 0 Å². The fraction of sp³-hybridized carbons (Fsp3) is 0.444. The number of anilines is 1. The number of carbonyl (C=O) groups excluding carboxylic acids is 1. The first-order valence-corrected chi connectivity index (χ1v) is 5.09. The Morgan fingerprint density at radius 3 is 3.07 bits per heavy atom. The Morgan fingerprint density at radius 2 is 2.40 bits per heavy atom. The molecule has 0 aromatic carbocycles. The van der Waals surface area contributed by atoms with Crippen molar-refractivity contribution < 1.29 is 4.79 Å². The molecule has 0 aliphatic heterocycles. The second-order valence-electron chi connectivity index (χ2n) is 2.85. The maximum absolute atomic E-state index is 11.3. The Balaban J connectivity index is 2.37. The van der Waals surface area contributed by atoms with E-state index in [-0.39, 0.29) is 11.9 Å². The first-order chi connectivity index (χ1) is 7.22. The van der Waals surface area contributed by atoms with Crippen LogP contribution in [0.5, 0.6) is 0 Å². The van der Waals surface area contributed by atoms with Crippen molar-refractivity contribution in [3.8, 4) is 0 Å². The highest BCUT2D eigenvalue weighted by atomic mass is 35.5. The van der Waals surface area contributed by atoms with Crippen molar-refractivity contribution in [1.82, 2.24) is 15.3 Å². The normalized spacial score (nSPS) is 10.0. The Labute approximate surface area is 93.3 Å². The summed E-state index contributed by atoms with van der Waals surface area (Å²) in [5.41, 5.74) is 0. The number of nitrogens with zero attached hydrogens (tertiary/aromatic N) is 2. The molecule has 0 spiro atoms. The SMILES string of the molecule is CCNCCC(=O)Nc1nccc(Cl)n1. The van der Waals surface area contributed by atoms with Gasteiger partial charge in [0.05, 0.1) is 0 Å². The number of hydrogen-bond donors (Lipinski definition) is 2. The molecule has 5 nitrogen and oxygen atoms in total. The summed E-state index contributed by atoms with van der Waals surface area (Å²) in [4.78, 5) is 19.0. The Morgan fingerprint density at radius 1 is 1.60 bits per heavy atom. The molecule has 6 heteroatoms. The molecule has 2 N–H and O–H groups in total. The number of halogens is 1. The van der Waals surface area contributed by atoms with E-state index in [4.69, 9.17) is 11.6 Å². The van der Waals surface area contributed by atoms with Crippen molar-refractivity contribution in [1.29, 1.82) is 0 Å². The quantitative estimate of drug-likeness (QED) is 0.585. The molecule has 0 saturated heterocycles. The third kappa shape index (κ3) is 4.71. The third-order valence-corrected chi connectivity index (χ3v) is 1.86. The van der Waals surface area contributed by atoms with Crippen LogP contribution in [-0.2, 0) is 4.79 Å². The van der Waals surface area contributed by atoms with Gasteiger partial charge in [0, 0.05) is 19.2 Å². The van der Waals surface area contributed by atoms with Crippen LogP contribution in [0.15, 0.2) is 12.3 Å². The summed E-state index contributed by atoms with van der Waals surface area (Å²) in [7, 11) is 0. The van der Waals surface area contributed by atoms with Crippen molar-refractivity contribution in [3.05, 3.63) is 17.4 Å². The van der Waals surface area contributed by atoms with Gasteiger partial charge in [0.1, 0.15) is 5.15 Å². The number of aromatic nitrogens is 2. The van der Waals surface area contributed by atoms with Gasteiger partial charge in [-0.05, 0) is 12.6 Å². The van der Waals surface area contributed by atoms with Crippen LogP contribution in [0.2, 0.25) is 5.15 Å². The van der Waals surface area contributed by atoms with Crippen molar-refractivity contribution >= 4 is 23.5 Å². The highest BCUT2D eigenvalue weighted by Gasteiger charge is 2.03. The van der Waals surface area contributed by atoms with E-state index in [9.17, 15) is 4.79 Å². The van der Waals surface area contributed by atoms with E-state index < -0.39 is 0 Å². The summed E-state index contributed by atoms with van der Waals surface area (Å²) < 4.78 is 0. The molecule has 0 aliphatic carbocycles. The lowest BCUT2D eigenvalue weighted by Gasteiger charge is -2.03. The molecule has 0 radical (unpaired) electrons. The minimum absolute atomic E-state index is 0.127. The summed E-state index contributed by atoms with van der Waals surface area (Å²) in [5.74, 6) is 0.113. The molecule has 15 heavy (non-hydrogen) atoms. The van der Waals surface area contributed by atoms with E-state index in [1.165, 1.54) is 6.20 Å². The van der Waals surface area contributed by atoms with E-state index in [1.54, 1.807) is 6.07 Å². The van der Waals surface area contributed by atoms with Crippen LogP contribution in [0.25, 0.3) is 0 Å². The topological polar surface area (TPSA) is 66.9 Å². The van der Waals surface area contributed by atoms with Crippen molar-refractivity contribution in [2.75, 3.05) is 18.4 Å². The van der Waals surface area contributed by atoms with Gasteiger partial charge in [-0.25, -0.2) is 9.97 Å². The predicted molar refractivity (Wildman–Crippen MR) is 58.8 cm³/mol. The average Bonchev–Trinajstić information content (AvgIpc) is 2.18. The zero-order chi connectivity index (χ0) is 11.1. The molecule has 0 aliphatic rings. The molecular formula is C9H13ClN4O. The van der Waals surface area contributed by atoms with Gasteiger partial charge < -0.3 is 5.32 Å². The van der Waals surface area contributed by atoms with Crippen LogP contribution in [-0.4, -0.2) is 29.0 Å². The monoisotopic (exact) mass is 228 g/mol. The number of hydrogen-bond acceptors (Lipinski definition) is 4. The molecule has 0 bridgehead atoms. The minimum atomic E-state index is -0.127. The molecule has 1 amide bonds. The van der Waals surface area contributed by atoms with Gasteiger partial charge in [0.15, 0.2) is 0 Å². The first kappa shape index (κ1) is 11.9. The summed E-state index contributed by atoms with van der Waals surface area (Å²) >= 11 is 5.64. The molecule has 0 fully saturated rings. The molecule has 0 atom stereocenters. The van der Waals surface area contributed by atoms with E-state index in [0.29, 0.717) is 18.1 Å². The van der Waals surface area contributed by atoms with Gasteiger partial charge in [-0.2, -0.15) is 0 Å². The van der Waals surface area contributed by atoms with Gasteiger partial charge in [-0.3, -0.25) is 10.1 Å². The second kappa shape index (κ2) is 6.31. The van der Waals surface area contributed by atoms with E-state index in [2.05, 4.69) is 20.6 Å². The van der Waals surface area contributed by atoms with E-state index >= 15 is 0 Å². The van der Waals surface area contributed by atoms with Crippen LogP contribution in [0.3, 0.4) is 0 Å². The van der Waals surface area contributed by atoms with Gasteiger partial charge in [-0.15, -0.1) is 0 Å². The molecule has 0 saturated carbocycles. The maximum Gasteiger partial charge on any atom is 0.230 e. The molecule has 1 aromatic heterocycles. The Kier molecular flexibility index (Phi) is 5.00. The first-order valence-electron chi connectivity index (χ1n) is 4.71. The van der Waals surface area contributed by atoms with Crippen LogP contribution in [0.4, 0.5) is 5.95 Å².